The third-order valence-corrected chi connectivity index (χ3v) is 4.21. The van der Waals surface area contributed by atoms with Crippen molar-refractivity contribution < 1.29 is 4.92 Å². The number of rotatable bonds is 6. The number of aromatic nitrogens is 4. The lowest BCUT2D eigenvalue weighted by atomic mass is 10.1. The van der Waals surface area contributed by atoms with Crippen molar-refractivity contribution in [3.05, 3.63) is 95.1 Å². The third kappa shape index (κ3) is 3.70. The third-order valence-electron chi connectivity index (χ3n) is 4.21. The summed E-state index contributed by atoms with van der Waals surface area (Å²) in [7, 11) is 0. The summed E-state index contributed by atoms with van der Waals surface area (Å²) >= 11 is 0. The molecule has 0 spiro atoms. The van der Waals surface area contributed by atoms with E-state index >= 15 is 0 Å². The van der Waals surface area contributed by atoms with E-state index in [0.717, 1.165) is 11.3 Å². The van der Waals surface area contributed by atoms with Gasteiger partial charge in [-0.1, -0.05) is 42.5 Å². The van der Waals surface area contributed by atoms with E-state index < -0.39 is 4.92 Å². The van der Waals surface area contributed by atoms with Gasteiger partial charge in [0.15, 0.2) is 5.69 Å². The zero-order valence-corrected chi connectivity index (χ0v) is 14.8. The van der Waals surface area contributed by atoms with E-state index in [2.05, 4.69) is 20.4 Å². The first-order valence-corrected chi connectivity index (χ1v) is 8.59. The Hall–Kier alpha value is -4.07. The largest absolute Gasteiger partial charge is 0.366 e. The fourth-order valence-electron chi connectivity index (χ4n) is 2.81. The quantitative estimate of drug-likeness (QED) is 0.408. The van der Waals surface area contributed by atoms with Gasteiger partial charge in [0.2, 0.25) is 0 Å². The summed E-state index contributed by atoms with van der Waals surface area (Å²) in [6, 6.07) is 20.1. The van der Waals surface area contributed by atoms with E-state index in [9.17, 15) is 10.1 Å². The highest BCUT2D eigenvalue weighted by atomic mass is 16.6. The zero-order chi connectivity index (χ0) is 19.3. The summed E-state index contributed by atoms with van der Waals surface area (Å²) in [6.45, 7) is 0.538. The molecule has 4 rings (SSSR count). The molecule has 0 fully saturated rings. The van der Waals surface area contributed by atoms with Crippen LogP contribution < -0.4 is 5.32 Å². The minimum Gasteiger partial charge on any atom is -0.366 e. The number of hydrogen-bond acceptors (Lipinski definition) is 6. The zero-order valence-electron chi connectivity index (χ0n) is 14.8. The smallest absolute Gasteiger partial charge is 0.295 e. The Labute approximate surface area is 160 Å². The Morgan fingerprint density at radius 3 is 2.46 bits per heavy atom. The minimum absolute atomic E-state index is 0.0195. The molecule has 2 heterocycles. The predicted molar refractivity (Wildman–Crippen MR) is 105 cm³/mol. The standard InChI is InChI=1S/C20H16N6O2/c27-26(28)18-10-11-19(24-20(18)16-4-2-1-3-5-16)22-12-15-6-8-17(9-7-15)25-14-21-13-23-25/h1-11,13-14H,12H2,(H,22,24). The molecule has 0 aliphatic carbocycles. The molecule has 4 aromatic rings. The van der Waals surface area contributed by atoms with Crippen LogP contribution in [0, 0.1) is 10.1 Å². The highest BCUT2D eigenvalue weighted by molar-refractivity contribution is 5.71. The Kier molecular flexibility index (Phi) is 4.75. The van der Waals surface area contributed by atoms with Crippen LogP contribution in [0.3, 0.4) is 0 Å². The Morgan fingerprint density at radius 1 is 1.00 bits per heavy atom. The van der Waals surface area contributed by atoms with E-state index in [0.29, 0.717) is 23.6 Å². The first-order valence-electron chi connectivity index (χ1n) is 8.59. The summed E-state index contributed by atoms with van der Waals surface area (Å²) in [5.74, 6) is 0.574. The number of nitrogens with zero attached hydrogens (tertiary/aromatic N) is 5. The molecule has 138 valence electrons. The Bertz CT molecular complexity index is 1080. The van der Waals surface area contributed by atoms with E-state index in [1.165, 1.54) is 12.4 Å². The second-order valence-electron chi connectivity index (χ2n) is 6.05. The van der Waals surface area contributed by atoms with Crippen molar-refractivity contribution in [3.63, 3.8) is 0 Å². The predicted octanol–water partition coefficient (Wildman–Crippen LogP) is 3.85. The van der Waals surface area contributed by atoms with E-state index in [-0.39, 0.29) is 5.69 Å². The van der Waals surface area contributed by atoms with Crippen LogP contribution in [0.5, 0.6) is 0 Å². The molecule has 0 unspecified atom stereocenters. The summed E-state index contributed by atoms with van der Waals surface area (Å²) in [4.78, 5) is 19.3. The Balaban J connectivity index is 1.53. The average molecular weight is 372 g/mol. The van der Waals surface area contributed by atoms with Gasteiger partial charge in [0.25, 0.3) is 5.69 Å². The van der Waals surface area contributed by atoms with Crippen LogP contribution in [0.4, 0.5) is 11.5 Å². The Morgan fingerprint density at radius 2 is 1.79 bits per heavy atom. The van der Waals surface area contributed by atoms with Gasteiger partial charge in [-0.05, 0) is 23.8 Å². The molecule has 2 aromatic heterocycles. The van der Waals surface area contributed by atoms with Gasteiger partial charge in [-0.2, -0.15) is 5.10 Å². The second-order valence-corrected chi connectivity index (χ2v) is 6.05. The molecule has 0 saturated heterocycles. The van der Waals surface area contributed by atoms with Crippen LogP contribution in [0.2, 0.25) is 0 Å². The molecule has 8 nitrogen and oxygen atoms in total. The highest BCUT2D eigenvalue weighted by Crippen LogP contribution is 2.29. The number of benzene rings is 2. The maximum absolute atomic E-state index is 11.3. The van der Waals surface area contributed by atoms with Crippen molar-refractivity contribution in [1.29, 1.82) is 0 Å². The fourth-order valence-corrected chi connectivity index (χ4v) is 2.81. The van der Waals surface area contributed by atoms with Crippen molar-refractivity contribution in [1.82, 2.24) is 19.7 Å². The number of pyridine rings is 1. The number of anilines is 1. The lowest BCUT2D eigenvalue weighted by Gasteiger charge is -2.09. The van der Waals surface area contributed by atoms with Crippen LogP contribution >= 0.6 is 0 Å². The monoisotopic (exact) mass is 372 g/mol. The molecule has 1 N–H and O–H groups in total. The molecule has 8 heteroatoms. The molecule has 0 amide bonds. The number of nitrogens with one attached hydrogen (secondary N) is 1. The van der Waals surface area contributed by atoms with Crippen LogP contribution in [0.15, 0.2) is 79.4 Å². The van der Waals surface area contributed by atoms with E-state index in [1.54, 1.807) is 17.1 Å². The molecule has 0 atom stereocenters. The average Bonchev–Trinajstić information content (AvgIpc) is 3.28. The second kappa shape index (κ2) is 7.67. The fraction of sp³-hybridized carbons (Fsp3) is 0.0500. The number of nitro groups is 1. The molecular formula is C20H16N6O2. The van der Waals surface area contributed by atoms with E-state index in [1.807, 2.05) is 54.6 Å². The van der Waals surface area contributed by atoms with Gasteiger partial charge in [-0.25, -0.2) is 14.6 Å². The normalized spacial score (nSPS) is 10.6. The lowest BCUT2D eigenvalue weighted by molar-refractivity contribution is -0.384. The summed E-state index contributed by atoms with van der Waals surface area (Å²) in [5, 5.41) is 18.7. The van der Waals surface area contributed by atoms with Gasteiger partial charge in [0.05, 0.1) is 10.6 Å². The molecule has 0 saturated carbocycles. The molecule has 0 bridgehead atoms. The molecule has 0 aliphatic heterocycles. The summed E-state index contributed by atoms with van der Waals surface area (Å²) < 4.78 is 1.68. The molecule has 0 radical (unpaired) electrons. The van der Waals surface area contributed by atoms with Crippen molar-refractivity contribution in [2.45, 2.75) is 6.54 Å². The molecule has 28 heavy (non-hydrogen) atoms. The van der Waals surface area contributed by atoms with Gasteiger partial charge in [0, 0.05) is 18.2 Å². The van der Waals surface area contributed by atoms with Gasteiger partial charge in [0.1, 0.15) is 18.5 Å². The molecular weight excluding hydrogens is 356 g/mol. The summed E-state index contributed by atoms with van der Waals surface area (Å²) in [5.41, 5.74) is 2.99. The first-order chi connectivity index (χ1) is 13.7. The van der Waals surface area contributed by atoms with Crippen molar-refractivity contribution in [2.24, 2.45) is 0 Å². The highest BCUT2D eigenvalue weighted by Gasteiger charge is 2.17. The van der Waals surface area contributed by atoms with Crippen LogP contribution in [-0.4, -0.2) is 24.7 Å². The van der Waals surface area contributed by atoms with Crippen molar-refractivity contribution in [3.8, 4) is 16.9 Å². The van der Waals surface area contributed by atoms with Gasteiger partial charge in [-0.3, -0.25) is 10.1 Å². The topological polar surface area (TPSA) is 98.8 Å². The van der Waals surface area contributed by atoms with Crippen LogP contribution in [-0.2, 0) is 6.54 Å². The van der Waals surface area contributed by atoms with Gasteiger partial charge in [-0.15, -0.1) is 0 Å². The molecule has 0 aliphatic rings. The maximum atomic E-state index is 11.3. The number of hydrogen-bond donors (Lipinski definition) is 1. The van der Waals surface area contributed by atoms with Gasteiger partial charge < -0.3 is 5.32 Å². The minimum atomic E-state index is -0.415. The van der Waals surface area contributed by atoms with Gasteiger partial charge >= 0.3 is 0 Å². The van der Waals surface area contributed by atoms with Crippen molar-refractivity contribution >= 4 is 11.5 Å². The van der Waals surface area contributed by atoms with E-state index in [4.69, 9.17) is 0 Å². The summed E-state index contributed by atoms with van der Waals surface area (Å²) in [6.07, 6.45) is 3.12. The van der Waals surface area contributed by atoms with Crippen molar-refractivity contribution in [2.75, 3.05) is 5.32 Å². The lowest BCUT2D eigenvalue weighted by Crippen LogP contribution is -2.04. The maximum Gasteiger partial charge on any atom is 0.295 e. The van der Waals surface area contributed by atoms with Crippen LogP contribution in [0.25, 0.3) is 16.9 Å². The first kappa shape index (κ1) is 17.3. The van der Waals surface area contributed by atoms with Crippen LogP contribution in [0.1, 0.15) is 5.56 Å². The SMILES string of the molecule is O=[N+]([O-])c1ccc(NCc2ccc(-n3cncn3)cc2)nc1-c1ccccc1. The molecule has 2 aromatic carbocycles.